The van der Waals surface area contributed by atoms with Crippen molar-refractivity contribution in [3.8, 4) is 56.3 Å². The summed E-state index contributed by atoms with van der Waals surface area (Å²) < 4.78 is 8.71. The van der Waals surface area contributed by atoms with Crippen LogP contribution < -0.4 is 0 Å². The summed E-state index contributed by atoms with van der Waals surface area (Å²) in [4.78, 5) is 10.1. The molecule has 0 aliphatic carbocycles. The average Bonchev–Trinajstić information content (AvgIpc) is 3.71. The van der Waals surface area contributed by atoms with Crippen molar-refractivity contribution in [2.75, 3.05) is 0 Å². The third kappa shape index (κ3) is 4.48. The Bertz CT molecular complexity index is 2580. The Balaban J connectivity index is 1.34. The average molecular weight is 606 g/mol. The molecule has 1 N–H and O–H groups in total. The summed E-state index contributed by atoms with van der Waals surface area (Å²) in [5, 5.41) is 13.0. The Kier molecular flexibility index (Phi) is 6.22. The number of hydrogen-bond acceptors (Lipinski definition) is 4. The van der Waals surface area contributed by atoms with E-state index in [2.05, 4.69) is 83.4 Å². The minimum atomic E-state index is 0.174. The summed E-state index contributed by atoms with van der Waals surface area (Å²) in [7, 11) is 0. The summed E-state index contributed by atoms with van der Waals surface area (Å²) in [6, 6.07) is 50.7. The highest BCUT2D eigenvalue weighted by molar-refractivity contribution is 6.13. The fourth-order valence-electron chi connectivity index (χ4n) is 6.57. The van der Waals surface area contributed by atoms with Gasteiger partial charge in [0.2, 0.25) is 0 Å². The molecule has 0 spiro atoms. The number of pyridine rings is 1. The van der Waals surface area contributed by atoms with E-state index in [-0.39, 0.29) is 5.75 Å². The van der Waals surface area contributed by atoms with Gasteiger partial charge in [0.15, 0.2) is 0 Å². The molecule has 6 aromatic carbocycles. The second-order valence-electron chi connectivity index (χ2n) is 11.6. The number of benzene rings is 6. The number of nitrogens with zero attached hydrogens (tertiary/aromatic N) is 3. The van der Waals surface area contributed by atoms with Crippen LogP contribution in [0.5, 0.6) is 5.75 Å². The highest BCUT2D eigenvalue weighted by Gasteiger charge is 2.22. The van der Waals surface area contributed by atoms with Gasteiger partial charge in [0.25, 0.3) is 0 Å². The highest BCUT2D eigenvalue weighted by atomic mass is 16.3. The first-order valence-electron chi connectivity index (χ1n) is 15.6. The van der Waals surface area contributed by atoms with E-state index in [0.717, 1.165) is 72.2 Å². The van der Waals surface area contributed by atoms with E-state index >= 15 is 0 Å². The van der Waals surface area contributed by atoms with Crippen molar-refractivity contribution in [1.82, 2.24) is 14.5 Å². The van der Waals surface area contributed by atoms with Crippen LogP contribution in [0.2, 0.25) is 0 Å². The van der Waals surface area contributed by atoms with Crippen LogP contribution in [0, 0.1) is 0 Å². The number of phenols is 1. The Morgan fingerprint density at radius 3 is 2.15 bits per heavy atom. The molecule has 222 valence electrons. The lowest BCUT2D eigenvalue weighted by atomic mass is 9.96. The van der Waals surface area contributed by atoms with Crippen LogP contribution in [-0.2, 0) is 0 Å². The Labute approximate surface area is 270 Å². The van der Waals surface area contributed by atoms with Gasteiger partial charge in [-0.1, -0.05) is 91.0 Å². The maximum absolute atomic E-state index is 11.0. The van der Waals surface area contributed by atoms with Crippen LogP contribution >= 0.6 is 0 Å². The van der Waals surface area contributed by atoms with E-state index in [9.17, 15) is 5.11 Å². The number of para-hydroxylation sites is 4. The van der Waals surface area contributed by atoms with E-state index in [1.54, 1.807) is 6.07 Å². The van der Waals surface area contributed by atoms with Gasteiger partial charge in [-0.2, -0.15) is 0 Å². The van der Waals surface area contributed by atoms with Crippen LogP contribution in [0.3, 0.4) is 0 Å². The van der Waals surface area contributed by atoms with Crippen molar-refractivity contribution >= 4 is 33.0 Å². The maximum Gasteiger partial charge on any atom is 0.149 e. The molecule has 0 bridgehead atoms. The van der Waals surface area contributed by atoms with Crippen molar-refractivity contribution < 1.29 is 9.52 Å². The molecule has 9 rings (SSSR count). The third-order valence-electron chi connectivity index (χ3n) is 8.78. The zero-order valence-corrected chi connectivity index (χ0v) is 25.2. The Morgan fingerprint density at radius 1 is 0.553 bits per heavy atom. The maximum atomic E-state index is 11.0. The standard InChI is InChI=1S/C42H27N3O2/c46-38-20-9-7-17-33(38)42-44-40-32(18-11-19-37(40)45(42)30-14-5-2-6-15-30)35-25-29(24-34-31-16-8-10-21-39(31)47-41(34)35)36-26-28(22-23-43-36)27-12-3-1-4-13-27/h1-26,46H. The van der Waals surface area contributed by atoms with Gasteiger partial charge < -0.3 is 9.52 Å². The van der Waals surface area contributed by atoms with Crippen LogP contribution in [0.4, 0.5) is 0 Å². The summed E-state index contributed by atoms with van der Waals surface area (Å²) in [6.07, 6.45) is 1.87. The molecule has 9 aromatic rings. The van der Waals surface area contributed by atoms with Gasteiger partial charge in [0, 0.05) is 39.3 Å². The first-order valence-corrected chi connectivity index (χ1v) is 15.6. The largest absolute Gasteiger partial charge is 0.507 e. The zero-order valence-electron chi connectivity index (χ0n) is 25.2. The summed E-state index contributed by atoms with van der Waals surface area (Å²) in [5.74, 6) is 0.832. The molecular formula is C42H27N3O2. The second-order valence-corrected chi connectivity index (χ2v) is 11.6. The zero-order chi connectivity index (χ0) is 31.3. The lowest BCUT2D eigenvalue weighted by Gasteiger charge is -2.11. The minimum absolute atomic E-state index is 0.174. The number of furan rings is 1. The van der Waals surface area contributed by atoms with E-state index in [1.165, 1.54) is 0 Å². The number of fused-ring (bicyclic) bond motifs is 4. The van der Waals surface area contributed by atoms with Gasteiger partial charge in [-0.15, -0.1) is 0 Å². The molecular weight excluding hydrogens is 578 g/mol. The van der Waals surface area contributed by atoms with Gasteiger partial charge in [-0.05, 0) is 71.8 Å². The molecule has 0 unspecified atom stereocenters. The molecule has 3 heterocycles. The molecule has 5 nitrogen and oxygen atoms in total. The molecule has 5 heteroatoms. The molecule has 47 heavy (non-hydrogen) atoms. The van der Waals surface area contributed by atoms with Crippen molar-refractivity contribution in [3.63, 3.8) is 0 Å². The molecule has 0 saturated carbocycles. The Morgan fingerprint density at radius 2 is 1.30 bits per heavy atom. The van der Waals surface area contributed by atoms with Crippen LogP contribution in [-0.4, -0.2) is 19.6 Å². The predicted molar refractivity (Wildman–Crippen MR) is 190 cm³/mol. The summed E-state index contributed by atoms with van der Waals surface area (Å²) in [5.41, 5.74) is 10.9. The van der Waals surface area contributed by atoms with Crippen molar-refractivity contribution in [3.05, 3.63) is 158 Å². The fourth-order valence-corrected chi connectivity index (χ4v) is 6.57. The summed E-state index contributed by atoms with van der Waals surface area (Å²) >= 11 is 0. The molecule has 0 aliphatic heterocycles. The van der Waals surface area contributed by atoms with E-state index < -0.39 is 0 Å². The Hall–Kier alpha value is -6.46. The SMILES string of the molecule is Oc1ccccc1-c1nc2c(-c3cc(-c4cc(-c5ccccc5)ccn4)cc4c3oc3ccccc34)cccc2n1-c1ccccc1. The normalized spacial score (nSPS) is 11.5. The van der Waals surface area contributed by atoms with Gasteiger partial charge >= 0.3 is 0 Å². The third-order valence-corrected chi connectivity index (χ3v) is 8.78. The molecule has 0 atom stereocenters. The molecule has 3 aromatic heterocycles. The minimum Gasteiger partial charge on any atom is -0.507 e. The number of phenolic OH excluding ortho intramolecular Hbond substituents is 1. The molecule has 0 aliphatic rings. The van der Waals surface area contributed by atoms with Gasteiger partial charge in [-0.3, -0.25) is 9.55 Å². The van der Waals surface area contributed by atoms with Crippen LogP contribution in [0.1, 0.15) is 0 Å². The van der Waals surface area contributed by atoms with Crippen molar-refractivity contribution in [1.29, 1.82) is 0 Å². The molecule has 0 saturated heterocycles. The smallest absolute Gasteiger partial charge is 0.149 e. The number of aromatic nitrogens is 3. The monoisotopic (exact) mass is 605 g/mol. The van der Waals surface area contributed by atoms with Crippen molar-refractivity contribution in [2.24, 2.45) is 0 Å². The van der Waals surface area contributed by atoms with Gasteiger partial charge in [-0.25, -0.2) is 4.98 Å². The highest BCUT2D eigenvalue weighted by Crippen LogP contribution is 2.43. The van der Waals surface area contributed by atoms with E-state index in [4.69, 9.17) is 14.4 Å². The predicted octanol–water partition coefficient (Wildman–Crippen LogP) is 10.7. The number of hydrogen-bond donors (Lipinski definition) is 1. The molecule has 0 radical (unpaired) electrons. The van der Waals surface area contributed by atoms with E-state index in [0.29, 0.717) is 11.4 Å². The number of imidazole rings is 1. The van der Waals surface area contributed by atoms with Crippen LogP contribution in [0.25, 0.3) is 83.6 Å². The van der Waals surface area contributed by atoms with E-state index in [1.807, 2.05) is 72.9 Å². The van der Waals surface area contributed by atoms with Crippen LogP contribution in [0.15, 0.2) is 162 Å². The first kappa shape index (κ1) is 26.9. The topological polar surface area (TPSA) is 64.1 Å². The molecule has 0 fully saturated rings. The molecule has 0 amide bonds. The number of aromatic hydroxyl groups is 1. The lowest BCUT2D eigenvalue weighted by molar-refractivity contribution is 0.477. The first-order chi connectivity index (χ1) is 23.2. The van der Waals surface area contributed by atoms with Gasteiger partial charge in [0.1, 0.15) is 22.7 Å². The fraction of sp³-hybridized carbons (Fsp3) is 0. The quantitative estimate of drug-likeness (QED) is 0.212. The number of rotatable bonds is 5. The van der Waals surface area contributed by atoms with Crippen molar-refractivity contribution in [2.45, 2.75) is 0 Å². The second kappa shape index (κ2) is 10.9. The lowest BCUT2D eigenvalue weighted by Crippen LogP contribution is -1.97. The van der Waals surface area contributed by atoms with Gasteiger partial charge in [0.05, 0.1) is 22.3 Å². The summed E-state index contributed by atoms with van der Waals surface area (Å²) in [6.45, 7) is 0.